The second-order valence-electron chi connectivity index (χ2n) is 6.51. The SMILES string of the molecule is CCS(=O)(=O)Nc1ccccc1C(=O)Nc1ccc(-n2cnc3ccccc32)nc1. The summed E-state index contributed by atoms with van der Waals surface area (Å²) in [5.74, 6) is 0.141. The Morgan fingerprint density at radius 3 is 2.53 bits per heavy atom. The van der Waals surface area contributed by atoms with Crippen LogP contribution in [0, 0.1) is 0 Å². The van der Waals surface area contributed by atoms with Crippen LogP contribution in [0.15, 0.2) is 73.2 Å². The van der Waals surface area contributed by atoms with Crippen molar-refractivity contribution >= 4 is 38.3 Å². The molecule has 0 aliphatic rings. The van der Waals surface area contributed by atoms with Gasteiger partial charge in [0.2, 0.25) is 10.0 Å². The van der Waals surface area contributed by atoms with E-state index in [0.29, 0.717) is 11.5 Å². The molecule has 0 bridgehead atoms. The van der Waals surface area contributed by atoms with Crippen LogP contribution in [0.25, 0.3) is 16.9 Å². The zero-order valence-corrected chi connectivity index (χ0v) is 16.9. The van der Waals surface area contributed by atoms with Crippen molar-refractivity contribution < 1.29 is 13.2 Å². The Morgan fingerprint density at radius 1 is 1.00 bits per heavy atom. The first-order valence-electron chi connectivity index (χ1n) is 9.26. The average Bonchev–Trinajstić information content (AvgIpc) is 3.18. The maximum absolute atomic E-state index is 12.7. The third-order valence-electron chi connectivity index (χ3n) is 4.52. The number of hydrogen-bond acceptors (Lipinski definition) is 5. The molecule has 2 N–H and O–H groups in total. The number of carbonyl (C=O) groups is 1. The lowest BCUT2D eigenvalue weighted by molar-refractivity contribution is 0.102. The summed E-state index contributed by atoms with van der Waals surface area (Å²) in [4.78, 5) is 21.5. The van der Waals surface area contributed by atoms with E-state index in [4.69, 9.17) is 0 Å². The molecule has 2 aromatic carbocycles. The maximum atomic E-state index is 12.7. The van der Waals surface area contributed by atoms with Crippen molar-refractivity contribution in [2.45, 2.75) is 6.92 Å². The zero-order chi connectivity index (χ0) is 21.1. The molecule has 1 amide bonds. The van der Waals surface area contributed by atoms with Crippen LogP contribution in [0.3, 0.4) is 0 Å². The molecule has 0 fully saturated rings. The standard InChI is InChI=1S/C21H19N5O3S/c1-2-30(28,29)25-17-8-4-3-7-16(17)21(27)24-15-11-12-20(22-13-15)26-14-23-18-9-5-6-10-19(18)26/h3-14,25H,2H2,1H3,(H,24,27). The molecule has 8 nitrogen and oxygen atoms in total. The molecule has 4 aromatic rings. The molecule has 0 atom stereocenters. The van der Waals surface area contributed by atoms with Gasteiger partial charge < -0.3 is 5.32 Å². The molecule has 0 saturated heterocycles. The number of nitrogens with zero attached hydrogens (tertiary/aromatic N) is 3. The highest BCUT2D eigenvalue weighted by Gasteiger charge is 2.15. The fraction of sp³-hybridized carbons (Fsp3) is 0.0952. The Morgan fingerprint density at radius 2 is 1.77 bits per heavy atom. The number of aromatic nitrogens is 3. The molecule has 2 aromatic heterocycles. The number of amides is 1. The van der Waals surface area contributed by atoms with Crippen molar-refractivity contribution in [3.05, 3.63) is 78.8 Å². The molecule has 0 spiro atoms. The van der Waals surface area contributed by atoms with Crippen molar-refractivity contribution in [2.75, 3.05) is 15.8 Å². The van der Waals surface area contributed by atoms with Crippen molar-refractivity contribution in [1.82, 2.24) is 14.5 Å². The minimum atomic E-state index is -3.50. The van der Waals surface area contributed by atoms with Crippen molar-refractivity contribution in [1.29, 1.82) is 0 Å². The van der Waals surface area contributed by atoms with E-state index in [2.05, 4.69) is 20.0 Å². The molecular weight excluding hydrogens is 402 g/mol. The van der Waals surface area contributed by atoms with Gasteiger partial charge in [-0.25, -0.2) is 18.4 Å². The maximum Gasteiger partial charge on any atom is 0.257 e. The van der Waals surface area contributed by atoms with Crippen LogP contribution in [-0.4, -0.2) is 34.6 Å². The number of imidazole rings is 1. The zero-order valence-electron chi connectivity index (χ0n) is 16.1. The number of para-hydroxylation sites is 3. The van der Waals surface area contributed by atoms with Crippen LogP contribution in [0.2, 0.25) is 0 Å². The van der Waals surface area contributed by atoms with Gasteiger partial charge in [0, 0.05) is 0 Å². The molecule has 4 rings (SSSR count). The van der Waals surface area contributed by atoms with Crippen LogP contribution in [0.4, 0.5) is 11.4 Å². The van der Waals surface area contributed by atoms with Gasteiger partial charge in [-0.2, -0.15) is 0 Å². The van der Waals surface area contributed by atoms with E-state index in [0.717, 1.165) is 11.0 Å². The van der Waals surface area contributed by atoms with Gasteiger partial charge in [-0.05, 0) is 43.3 Å². The minimum Gasteiger partial charge on any atom is -0.321 e. The van der Waals surface area contributed by atoms with Crippen molar-refractivity contribution in [2.24, 2.45) is 0 Å². The predicted octanol–water partition coefficient (Wildman–Crippen LogP) is 3.43. The summed E-state index contributed by atoms with van der Waals surface area (Å²) in [7, 11) is -3.50. The van der Waals surface area contributed by atoms with Crippen LogP contribution in [0.5, 0.6) is 0 Å². The Bertz CT molecular complexity index is 1310. The van der Waals surface area contributed by atoms with E-state index >= 15 is 0 Å². The summed E-state index contributed by atoms with van der Waals surface area (Å²) in [6, 6.07) is 17.7. The number of rotatable bonds is 6. The van der Waals surface area contributed by atoms with Gasteiger partial charge >= 0.3 is 0 Å². The number of carbonyl (C=O) groups excluding carboxylic acids is 1. The molecule has 152 valence electrons. The second-order valence-corrected chi connectivity index (χ2v) is 8.52. The van der Waals surface area contributed by atoms with E-state index in [1.54, 1.807) is 48.9 Å². The summed E-state index contributed by atoms with van der Waals surface area (Å²) >= 11 is 0. The summed E-state index contributed by atoms with van der Waals surface area (Å²) in [5, 5.41) is 2.75. The number of anilines is 2. The lowest BCUT2D eigenvalue weighted by Gasteiger charge is -2.12. The molecule has 0 aliphatic heterocycles. The van der Waals surface area contributed by atoms with Crippen molar-refractivity contribution in [3.63, 3.8) is 0 Å². The normalized spacial score (nSPS) is 11.4. The first kappa shape index (κ1) is 19.6. The van der Waals surface area contributed by atoms with Gasteiger partial charge in [0.05, 0.1) is 39.9 Å². The second kappa shape index (κ2) is 7.96. The average molecular weight is 421 g/mol. The topological polar surface area (TPSA) is 106 Å². The van der Waals surface area contributed by atoms with E-state index in [-0.39, 0.29) is 17.0 Å². The van der Waals surface area contributed by atoms with Crippen LogP contribution < -0.4 is 10.0 Å². The minimum absolute atomic E-state index is 0.0860. The van der Waals surface area contributed by atoms with Crippen molar-refractivity contribution in [3.8, 4) is 5.82 Å². The third-order valence-corrected chi connectivity index (χ3v) is 5.81. The number of hydrogen-bond donors (Lipinski definition) is 2. The fourth-order valence-corrected chi connectivity index (χ4v) is 3.61. The monoisotopic (exact) mass is 421 g/mol. The smallest absolute Gasteiger partial charge is 0.257 e. The van der Waals surface area contributed by atoms with Gasteiger partial charge in [0.1, 0.15) is 12.1 Å². The molecule has 0 radical (unpaired) electrons. The molecule has 0 aliphatic carbocycles. The number of nitrogens with one attached hydrogen (secondary N) is 2. The number of fused-ring (bicyclic) bond motifs is 1. The van der Waals surface area contributed by atoms with Gasteiger partial charge in [0.25, 0.3) is 5.91 Å². The van der Waals surface area contributed by atoms with E-state index in [1.807, 2.05) is 28.8 Å². The van der Waals surface area contributed by atoms with E-state index < -0.39 is 15.9 Å². The quantitative estimate of drug-likeness (QED) is 0.496. The lowest BCUT2D eigenvalue weighted by atomic mass is 10.1. The molecule has 0 saturated carbocycles. The first-order chi connectivity index (χ1) is 14.5. The van der Waals surface area contributed by atoms with Gasteiger partial charge in [-0.15, -0.1) is 0 Å². The van der Waals surface area contributed by atoms with E-state index in [1.165, 1.54) is 6.92 Å². The number of sulfonamides is 1. The third kappa shape index (κ3) is 4.01. The Labute approximate surface area is 173 Å². The van der Waals surface area contributed by atoms with Crippen LogP contribution >= 0.6 is 0 Å². The van der Waals surface area contributed by atoms with Crippen LogP contribution in [0.1, 0.15) is 17.3 Å². The van der Waals surface area contributed by atoms with Gasteiger partial charge in [-0.3, -0.25) is 14.1 Å². The predicted molar refractivity (Wildman–Crippen MR) is 116 cm³/mol. The molecule has 0 unspecified atom stereocenters. The highest BCUT2D eigenvalue weighted by atomic mass is 32.2. The Balaban J connectivity index is 1.55. The molecular formula is C21H19N5O3S. The highest BCUT2D eigenvalue weighted by molar-refractivity contribution is 7.92. The summed E-state index contributed by atoms with van der Waals surface area (Å²) in [5.41, 5.74) is 2.73. The Hall–Kier alpha value is -3.72. The summed E-state index contributed by atoms with van der Waals surface area (Å²) < 4.78 is 28.1. The molecule has 9 heteroatoms. The first-order valence-corrected chi connectivity index (χ1v) is 10.9. The molecule has 2 heterocycles. The summed E-state index contributed by atoms with van der Waals surface area (Å²) in [6.45, 7) is 1.53. The highest BCUT2D eigenvalue weighted by Crippen LogP contribution is 2.20. The number of benzene rings is 2. The Kier molecular flexibility index (Phi) is 5.20. The lowest BCUT2D eigenvalue weighted by Crippen LogP contribution is -2.19. The van der Waals surface area contributed by atoms with Crippen LogP contribution in [-0.2, 0) is 10.0 Å². The van der Waals surface area contributed by atoms with Gasteiger partial charge in [0.15, 0.2) is 0 Å². The summed E-state index contributed by atoms with van der Waals surface area (Å²) in [6.07, 6.45) is 3.24. The van der Waals surface area contributed by atoms with Gasteiger partial charge in [-0.1, -0.05) is 24.3 Å². The molecule has 30 heavy (non-hydrogen) atoms. The van der Waals surface area contributed by atoms with E-state index in [9.17, 15) is 13.2 Å². The fourth-order valence-electron chi connectivity index (χ4n) is 2.95. The number of pyridine rings is 1. The largest absolute Gasteiger partial charge is 0.321 e.